The van der Waals surface area contributed by atoms with Gasteiger partial charge in [-0.15, -0.1) is 0 Å². The normalized spacial score (nSPS) is 15.8. The fourth-order valence-corrected chi connectivity index (χ4v) is 4.56. The fraction of sp³-hybridized carbons (Fsp3) is 0.552. The van der Waals surface area contributed by atoms with Gasteiger partial charge in [-0.3, -0.25) is 0 Å². The highest BCUT2D eigenvalue weighted by molar-refractivity contribution is 5.68. The van der Waals surface area contributed by atoms with Gasteiger partial charge >= 0.3 is 12.3 Å². The molecule has 1 fully saturated rings. The zero-order valence-corrected chi connectivity index (χ0v) is 21.5. The molecule has 1 aliphatic carbocycles. The van der Waals surface area contributed by atoms with Crippen LogP contribution in [0.5, 0.6) is 5.75 Å². The molecule has 2 aromatic carbocycles. The fourth-order valence-electron chi connectivity index (χ4n) is 4.56. The maximum absolute atomic E-state index is 13.0. The second-order valence-corrected chi connectivity index (χ2v) is 10.6. The zero-order valence-electron chi connectivity index (χ0n) is 21.5. The van der Waals surface area contributed by atoms with Crippen molar-refractivity contribution in [2.75, 3.05) is 13.1 Å². The van der Waals surface area contributed by atoms with Gasteiger partial charge in [0.2, 0.25) is 0 Å². The Morgan fingerprint density at radius 1 is 0.944 bits per heavy atom. The van der Waals surface area contributed by atoms with E-state index in [0.717, 1.165) is 24.1 Å². The van der Waals surface area contributed by atoms with Crippen molar-refractivity contribution in [1.82, 2.24) is 4.90 Å². The van der Waals surface area contributed by atoms with Crippen molar-refractivity contribution < 1.29 is 27.4 Å². The molecular weight excluding hydrogens is 467 g/mol. The number of hydrogen-bond donors (Lipinski definition) is 0. The van der Waals surface area contributed by atoms with Gasteiger partial charge in [0.1, 0.15) is 17.5 Å². The minimum absolute atomic E-state index is 0.348. The van der Waals surface area contributed by atoms with Crippen LogP contribution in [-0.4, -0.2) is 29.7 Å². The van der Waals surface area contributed by atoms with Crippen LogP contribution in [0.3, 0.4) is 0 Å². The lowest BCUT2D eigenvalue weighted by Crippen LogP contribution is -2.39. The van der Waals surface area contributed by atoms with Gasteiger partial charge < -0.3 is 14.4 Å². The minimum atomic E-state index is -4.40. The molecule has 198 valence electrons. The lowest BCUT2D eigenvalue weighted by Gasteiger charge is -2.31. The maximum Gasteiger partial charge on any atom is 0.416 e. The molecule has 2 aromatic rings. The summed E-state index contributed by atoms with van der Waals surface area (Å²) in [6, 6.07) is 14.3. The van der Waals surface area contributed by atoms with Gasteiger partial charge in [-0.05, 0) is 62.9 Å². The number of carbonyl (C=O) groups excluding carboxylic acids is 1. The molecule has 1 aliphatic rings. The third-order valence-electron chi connectivity index (χ3n) is 6.48. The van der Waals surface area contributed by atoms with Crippen LogP contribution in [-0.2, 0) is 10.9 Å². The predicted octanol–water partition coefficient (Wildman–Crippen LogP) is 8.42. The van der Waals surface area contributed by atoms with Crippen molar-refractivity contribution in [3.63, 3.8) is 0 Å². The summed E-state index contributed by atoms with van der Waals surface area (Å²) in [5, 5.41) is 0. The first-order valence-corrected chi connectivity index (χ1v) is 12.9. The number of alkyl halides is 3. The molecule has 0 aromatic heterocycles. The second-order valence-electron chi connectivity index (χ2n) is 10.6. The summed E-state index contributed by atoms with van der Waals surface area (Å²) in [6.45, 7) is 6.59. The van der Waals surface area contributed by atoms with Crippen molar-refractivity contribution in [2.45, 2.75) is 83.6 Å². The van der Waals surface area contributed by atoms with Crippen molar-refractivity contribution in [3.05, 3.63) is 65.7 Å². The monoisotopic (exact) mass is 505 g/mol. The van der Waals surface area contributed by atoms with Gasteiger partial charge in [0.05, 0.1) is 5.56 Å². The molecule has 1 atom stereocenters. The molecule has 0 bridgehead atoms. The Morgan fingerprint density at radius 3 is 2.17 bits per heavy atom. The van der Waals surface area contributed by atoms with E-state index in [-0.39, 0.29) is 6.09 Å². The van der Waals surface area contributed by atoms with Gasteiger partial charge in [-0.25, -0.2) is 4.79 Å². The topological polar surface area (TPSA) is 38.8 Å². The molecule has 0 heterocycles. The van der Waals surface area contributed by atoms with Crippen LogP contribution < -0.4 is 4.74 Å². The number of carbonyl (C=O) groups is 1. The SMILES string of the molecule is CC(C)(C)OC(=O)N(CCC1CCCCC1)CCC(Oc1ccc(C(F)(F)F)cc1)c1ccccc1. The highest BCUT2D eigenvalue weighted by atomic mass is 19.4. The maximum atomic E-state index is 13.0. The lowest BCUT2D eigenvalue weighted by atomic mass is 9.87. The number of halogens is 3. The Balaban J connectivity index is 1.72. The highest BCUT2D eigenvalue weighted by Gasteiger charge is 2.30. The Kier molecular flexibility index (Phi) is 9.69. The number of ether oxygens (including phenoxy) is 2. The van der Waals surface area contributed by atoms with Crippen LogP contribution in [0.1, 0.15) is 82.9 Å². The molecule has 1 unspecified atom stereocenters. The number of nitrogens with zero attached hydrogens (tertiary/aromatic N) is 1. The van der Waals surface area contributed by atoms with Crippen LogP contribution >= 0.6 is 0 Å². The van der Waals surface area contributed by atoms with Gasteiger partial charge in [-0.2, -0.15) is 13.2 Å². The minimum Gasteiger partial charge on any atom is -0.486 e. The van der Waals surface area contributed by atoms with E-state index in [0.29, 0.717) is 31.2 Å². The molecule has 0 spiro atoms. The Labute approximate surface area is 212 Å². The first-order chi connectivity index (χ1) is 17.0. The van der Waals surface area contributed by atoms with Crippen LogP contribution in [0.15, 0.2) is 54.6 Å². The first-order valence-electron chi connectivity index (χ1n) is 12.9. The quantitative estimate of drug-likeness (QED) is 0.343. The summed E-state index contributed by atoms with van der Waals surface area (Å²) in [5.74, 6) is 0.972. The average molecular weight is 506 g/mol. The van der Waals surface area contributed by atoms with Crippen molar-refractivity contribution in [1.29, 1.82) is 0 Å². The van der Waals surface area contributed by atoms with Crippen LogP contribution in [0.4, 0.5) is 18.0 Å². The Hall–Kier alpha value is -2.70. The standard InChI is InChI=1S/C29H38F3NO3/c1-28(2,3)36-27(34)33(20-18-22-10-6-4-7-11-22)21-19-26(23-12-8-5-9-13-23)35-25-16-14-24(15-17-25)29(30,31)32/h5,8-9,12-17,22,26H,4,6-7,10-11,18-21H2,1-3H3. The van der Waals surface area contributed by atoms with E-state index in [2.05, 4.69) is 0 Å². The summed E-state index contributed by atoms with van der Waals surface area (Å²) in [5.41, 5.74) is -0.422. The van der Waals surface area contributed by atoms with Crippen molar-refractivity contribution in [2.24, 2.45) is 5.92 Å². The summed E-state index contributed by atoms with van der Waals surface area (Å²) in [6.07, 6.45) is 2.42. The molecule has 1 saturated carbocycles. The molecule has 1 amide bonds. The van der Waals surface area contributed by atoms with Crippen LogP contribution in [0.25, 0.3) is 0 Å². The molecule has 3 rings (SSSR count). The van der Waals surface area contributed by atoms with E-state index in [1.54, 1.807) is 4.90 Å². The van der Waals surface area contributed by atoms with Crippen molar-refractivity contribution in [3.8, 4) is 5.75 Å². The van der Waals surface area contributed by atoms with Gasteiger partial charge in [0, 0.05) is 19.5 Å². The van der Waals surface area contributed by atoms with E-state index < -0.39 is 23.4 Å². The molecule has 0 saturated heterocycles. The lowest BCUT2D eigenvalue weighted by molar-refractivity contribution is -0.137. The number of benzene rings is 2. The molecule has 0 radical (unpaired) electrons. The number of amides is 1. The third kappa shape index (κ3) is 9.07. The molecule has 7 heteroatoms. The van der Waals surface area contributed by atoms with E-state index in [1.165, 1.54) is 44.2 Å². The third-order valence-corrected chi connectivity index (χ3v) is 6.48. The molecule has 4 nitrogen and oxygen atoms in total. The highest BCUT2D eigenvalue weighted by Crippen LogP contribution is 2.32. The van der Waals surface area contributed by atoms with Crippen LogP contribution in [0, 0.1) is 5.92 Å². The van der Waals surface area contributed by atoms with E-state index in [4.69, 9.17) is 9.47 Å². The summed E-state index contributed by atoms with van der Waals surface area (Å²) in [7, 11) is 0. The smallest absolute Gasteiger partial charge is 0.416 e. The van der Waals surface area contributed by atoms with E-state index in [9.17, 15) is 18.0 Å². The predicted molar refractivity (Wildman–Crippen MR) is 135 cm³/mol. The molecular formula is C29H38F3NO3. The van der Waals surface area contributed by atoms with Crippen LogP contribution in [0.2, 0.25) is 0 Å². The van der Waals surface area contributed by atoms with Gasteiger partial charge in [-0.1, -0.05) is 62.4 Å². The molecule has 0 aliphatic heterocycles. The van der Waals surface area contributed by atoms with E-state index >= 15 is 0 Å². The second kappa shape index (κ2) is 12.5. The Bertz CT molecular complexity index is 933. The van der Waals surface area contributed by atoms with Gasteiger partial charge in [0.15, 0.2) is 0 Å². The summed E-state index contributed by atoms with van der Waals surface area (Å²) < 4.78 is 50.7. The number of hydrogen-bond acceptors (Lipinski definition) is 3. The average Bonchev–Trinajstić information content (AvgIpc) is 2.83. The zero-order chi connectivity index (χ0) is 26.2. The largest absolute Gasteiger partial charge is 0.486 e. The Morgan fingerprint density at radius 2 is 1.58 bits per heavy atom. The summed E-state index contributed by atoms with van der Waals surface area (Å²) in [4.78, 5) is 14.8. The first kappa shape index (κ1) is 27.9. The van der Waals surface area contributed by atoms with E-state index in [1.807, 2.05) is 51.1 Å². The molecule has 36 heavy (non-hydrogen) atoms. The summed E-state index contributed by atoms with van der Waals surface area (Å²) >= 11 is 0. The molecule has 0 N–H and O–H groups in total. The number of rotatable bonds is 9. The van der Waals surface area contributed by atoms with Gasteiger partial charge in [0.25, 0.3) is 0 Å². The van der Waals surface area contributed by atoms with Crippen molar-refractivity contribution >= 4 is 6.09 Å².